The van der Waals surface area contributed by atoms with Crippen LogP contribution in [0.25, 0.3) is 0 Å². The van der Waals surface area contributed by atoms with Crippen molar-refractivity contribution in [2.75, 3.05) is 13.7 Å². The van der Waals surface area contributed by atoms with Crippen LogP contribution in [0.15, 0.2) is 0 Å². The van der Waals surface area contributed by atoms with Crippen molar-refractivity contribution in [3.8, 4) is 0 Å². The first-order chi connectivity index (χ1) is 5.42. The monoisotopic (exact) mass is 173 g/mol. The molecule has 0 bridgehead atoms. The summed E-state index contributed by atoms with van der Waals surface area (Å²) in [5, 5.41) is 0. The predicted molar refractivity (Wildman–Crippen MR) is 53.1 cm³/mol. The third-order valence-electron chi connectivity index (χ3n) is 3.06. The molecule has 74 valence electrons. The molecule has 0 aromatic heterocycles. The Morgan fingerprint density at radius 3 is 2.17 bits per heavy atom. The van der Waals surface area contributed by atoms with Crippen molar-refractivity contribution in [1.29, 1.82) is 0 Å². The molecule has 0 aliphatic rings. The minimum absolute atomic E-state index is 0.0709. The van der Waals surface area contributed by atoms with Crippen molar-refractivity contribution in [2.45, 2.75) is 39.7 Å². The van der Waals surface area contributed by atoms with E-state index in [4.69, 9.17) is 10.5 Å². The SMILES string of the molecule is COCCC(C)C(C)(N)C(C)C. The lowest BCUT2D eigenvalue weighted by molar-refractivity contribution is 0.143. The van der Waals surface area contributed by atoms with Crippen LogP contribution in [-0.2, 0) is 4.74 Å². The van der Waals surface area contributed by atoms with Gasteiger partial charge < -0.3 is 10.5 Å². The van der Waals surface area contributed by atoms with Crippen molar-refractivity contribution in [2.24, 2.45) is 17.6 Å². The van der Waals surface area contributed by atoms with Gasteiger partial charge in [0, 0.05) is 19.3 Å². The van der Waals surface area contributed by atoms with E-state index in [1.165, 1.54) is 0 Å². The van der Waals surface area contributed by atoms with Gasteiger partial charge in [0.15, 0.2) is 0 Å². The minimum Gasteiger partial charge on any atom is -0.385 e. The third-order valence-corrected chi connectivity index (χ3v) is 3.06. The molecule has 0 amide bonds. The maximum Gasteiger partial charge on any atom is 0.0465 e. The van der Waals surface area contributed by atoms with Gasteiger partial charge in [-0.25, -0.2) is 0 Å². The second-order valence-corrected chi connectivity index (χ2v) is 4.20. The van der Waals surface area contributed by atoms with Gasteiger partial charge in [-0.15, -0.1) is 0 Å². The Bertz CT molecular complexity index is 121. The Hall–Kier alpha value is -0.0800. The molecule has 0 aromatic carbocycles. The van der Waals surface area contributed by atoms with Gasteiger partial charge in [0.2, 0.25) is 0 Å². The van der Waals surface area contributed by atoms with Gasteiger partial charge in [-0.05, 0) is 25.2 Å². The molecular formula is C10H23NO. The fraction of sp³-hybridized carbons (Fsp3) is 1.00. The van der Waals surface area contributed by atoms with E-state index < -0.39 is 0 Å². The molecule has 0 aromatic rings. The van der Waals surface area contributed by atoms with Crippen LogP contribution in [0.5, 0.6) is 0 Å². The highest BCUT2D eigenvalue weighted by Gasteiger charge is 2.29. The largest absolute Gasteiger partial charge is 0.385 e. The molecule has 12 heavy (non-hydrogen) atoms. The van der Waals surface area contributed by atoms with Crippen LogP contribution in [0.3, 0.4) is 0 Å². The van der Waals surface area contributed by atoms with Crippen LogP contribution in [0.2, 0.25) is 0 Å². The van der Waals surface area contributed by atoms with Crippen molar-refractivity contribution < 1.29 is 4.74 Å². The summed E-state index contributed by atoms with van der Waals surface area (Å²) >= 11 is 0. The Balaban J connectivity index is 3.97. The zero-order valence-electron chi connectivity index (χ0n) is 9.05. The van der Waals surface area contributed by atoms with Crippen LogP contribution in [0, 0.1) is 11.8 Å². The number of ether oxygens (including phenoxy) is 1. The van der Waals surface area contributed by atoms with Crippen molar-refractivity contribution in [3.63, 3.8) is 0 Å². The summed E-state index contributed by atoms with van der Waals surface area (Å²) in [5.74, 6) is 1.03. The van der Waals surface area contributed by atoms with Gasteiger partial charge in [0.25, 0.3) is 0 Å². The van der Waals surface area contributed by atoms with Crippen molar-refractivity contribution in [3.05, 3.63) is 0 Å². The Morgan fingerprint density at radius 2 is 1.83 bits per heavy atom. The summed E-state index contributed by atoms with van der Waals surface area (Å²) in [6.07, 6.45) is 1.04. The summed E-state index contributed by atoms with van der Waals surface area (Å²) in [4.78, 5) is 0. The highest BCUT2D eigenvalue weighted by atomic mass is 16.5. The second kappa shape index (κ2) is 4.83. The van der Waals surface area contributed by atoms with Crippen LogP contribution in [-0.4, -0.2) is 19.3 Å². The normalized spacial score (nSPS) is 19.2. The highest BCUT2D eigenvalue weighted by molar-refractivity contribution is 4.87. The topological polar surface area (TPSA) is 35.2 Å². The van der Waals surface area contributed by atoms with Crippen LogP contribution >= 0.6 is 0 Å². The Morgan fingerprint density at radius 1 is 1.33 bits per heavy atom. The molecule has 2 N–H and O–H groups in total. The summed E-state index contributed by atoms with van der Waals surface area (Å²) in [7, 11) is 1.73. The highest BCUT2D eigenvalue weighted by Crippen LogP contribution is 2.25. The second-order valence-electron chi connectivity index (χ2n) is 4.20. The summed E-state index contributed by atoms with van der Waals surface area (Å²) in [6.45, 7) is 9.46. The fourth-order valence-electron chi connectivity index (χ4n) is 1.17. The Labute approximate surface area is 76.5 Å². The number of nitrogens with two attached hydrogens (primary N) is 1. The molecular weight excluding hydrogens is 150 g/mol. The zero-order valence-corrected chi connectivity index (χ0v) is 9.05. The first-order valence-corrected chi connectivity index (χ1v) is 4.70. The lowest BCUT2D eigenvalue weighted by atomic mass is 9.77. The van der Waals surface area contributed by atoms with Gasteiger partial charge in [-0.2, -0.15) is 0 Å². The van der Waals surface area contributed by atoms with Crippen molar-refractivity contribution >= 4 is 0 Å². The smallest absolute Gasteiger partial charge is 0.0465 e. The molecule has 0 heterocycles. The summed E-state index contributed by atoms with van der Waals surface area (Å²) in [5.41, 5.74) is 6.12. The predicted octanol–water partition coefficient (Wildman–Crippen LogP) is 2.03. The van der Waals surface area contributed by atoms with Crippen LogP contribution < -0.4 is 5.73 Å². The van der Waals surface area contributed by atoms with E-state index in [0.29, 0.717) is 11.8 Å². The van der Waals surface area contributed by atoms with E-state index in [1.54, 1.807) is 7.11 Å². The lowest BCUT2D eigenvalue weighted by Gasteiger charge is -2.35. The molecule has 0 saturated heterocycles. The molecule has 2 atom stereocenters. The van der Waals surface area contributed by atoms with E-state index in [0.717, 1.165) is 13.0 Å². The lowest BCUT2D eigenvalue weighted by Crippen LogP contribution is -2.48. The number of hydrogen-bond donors (Lipinski definition) is 1. The molecule has 2 nitrogen and oxygen atoms in total. The van der Waals surface area contributed by atoms with Crippen LogP contribution in [0.1, 0.15) is 34.1 Å². The Kier molecular flexibility index (Phi) is 4.80. The van der Waals surface area contributed by atoms with Crippen LogP contribution in [0.4, 0.5) is 0 Å². The molecule has 0 spiro atoms. The first kappa shape index (κ1) is 11.9. The van der Waals surface area contributed by atoms with E-state index in [1.807, 2.05) is 0 Å². The molecule has 0 aliphatic carbocycles. The zero-order chi connectivity index (χ0) is 9.78. The molecule has 0 aliphatic heterocycles. The fourth-order valence-corrected chi connectivity index (χ4v) is 1.17. The third kappa shape index (κ3) is 3.11. The average Bonchev–Trinajstić information content (AvgIpc) is 1.99. The molecule has 0 rings (SSSR count). The molecule has 0 saturated carbocycles. The molecule has 2 unspecified atom stereocenters. The van der Waals surface area contributed by atoms with E-state index >= 15 is 0 Å². The number of hydrogen-bond acceptors (Lipinski definition) is 2. The van der Waals surface area contributed by atoms with Gasteiger partial charge in [-0.3, -0.25) is 0 Å². The molecule has 0 radical (unpaired) electrons. The summed E-state index contributed by atoms with van der Waals surface area (Å²) in [6, 6.07) is 0. The van der Waals surface area contributed by atoms with E-state index in [2.05, 4.69) is 27.7 Å². The number of rotatable bonds is 5. The van der Waals surface area contributed by atoms with Gasteiger partial charge >= 0.3 is 0 Å². The maximum atomic E-state index is 6.19. The van der Waals surface area contributed by atoms with Gasteiger partial charge in [0.1, 0.15) is 0 Å². The van der Waals surface area contributed by atoms with Crippen molar-refractivity contribution in [1.82, 2.24) is 0 Å². The maximum absolute atomic E-state index is 6.19. The first-order valence-electron chi connectivity index (χ1n) is 4.70. The summed E-state index contributed by atoms with van der Waals surface area (Å²) < 4.78 is 5.03. The van der Waals surface area contributed by atoms with E-state index in [-0.39, 0.29) is 5.54 Å². The van der Waals surface area contributed by atoms with Gasteiger partial charge in [-0.1, -0.05) is 20.8 Å². The number of methoxy groups -OCH3 is 1. The molecule has 2 heteroatoms. The quantitative estimate of drug-likeness (QED) is 0.690. The van der Waals surface area contributed by atoms with E-state index in [9.17, 15) is 0 Å². The standard InChI is InChI=1S/C10H23NO/c1-8(2)10(4,11)9(3)6-7-12-5/h8-9H,6-7,11H2,1-5H3. The average molecular weight is 173 g/mol. The molecule has 0 fully saturated rings. The minimum atomic E-state index is -0.0709. The van der Waals surface area contributed by atoms with Gasteiger partial charge in [0.05, 0.1) is 0 Å².